The van der Waals surface area contributed by atoms with Gasteiger partial charge in [0, 0.05) is 6.42 Å². The van der Waals surface area contributed by atoms with E-state index < -0.39 is 12.1 Å². The highest BCUT2D eigenvalue weighted by atomic mass is 35.5. The molecule has 2 N–H and O–H groups in total. The van der Waals surface area contributed by atoms with Crippen LogP contribution >= 0.6 is 22.9 Å². The fraction of sp³-hybridized carbons (Fsp3) is 0.333. The van der Waals surface area contributed by atoms with Crippen molar-refractivity contribution < 1.29 is 32.9 Å². The van der Waals surface area contributed by atoms with Crippen LogP contribution < -0.4 is 29.9 Å². The van der Waals surface area contributed by atoms with Crippen LogP contribution in [0.15, 0.2) is 47.6 Å². The first-order valence-electron chi connectivity index (χ1n) is 11.6. The number of aromatic nitrogens is 1. The Balaban J connectivity index is 1.48. The van der Waals surface area contributed by atoms with Crippen LogP contribution in [0.25, 0.3) is 0 Å². The molecule has 2 aromatic carbocycles. The molecule has 9 nitrogen and oxygen atoms in total. The van der Waals surface area contributed by atoms with E-state index in [1.165, 1.54) is 0 Å². The summed E-state index contributed by atoms with van der Waals surface area (Å²) in [6.45, 7) is 1.62. The number of nitrogens with zero attached hydrogens (tertiary/aromatic N) is 5. The van der Waals surface area contributed by atoms with E-state index in [-0.39, 0.29) is 16.3 Å². The summed E-state index contributed by atoms with van der Waals surface area (Å²) >= 11 is 7.06. The monoisotopic (exact) mass is 552 g/mol. The Morgan fingerprint density at radius 3 is 2.70 bits per heavy atom. The van der Waals surface area contributed by atoms with Gasteiger partial charge in [-0.15, -0.1) is 5.12 Å². The number of halogens is 3. The molecule has 0 unspecified atom stereocenters. The molecule has 1 aromatic heterocycles. The Hall–Kier alpha value is -3.19. The van der Waals surface area contributed by atoms with E-state index in [9.17, 15) is 8.78 Å². The number of para-hydroxylation sites is 2. The molecule has 2 aliphatic heterocycles. The lowest BCUT2D eigenvalue weighted by atomic mass is 10.2. The molecule has 196 valence electrons. The molecule has 3 aromatic rings. The number of nitrogens with two attached hydrogens (primary N) is 1. The van der Waals surface area contributed by atoms with E-state index >= 15 is 0 Å². The van der Waals surface area contributed by atoms with Gasteiger partial charge in [-0.3, -0.25) is 0 Å². The van der Waals surface area contributed by atoms with Crippen LogP contribution in [0.1, 0.15) is 24.1 Å². The lowest BCUT2D eigenvalue weighted by molar-refractivity contribution is -0.870. The van der Waals surface area contributed by atoms with Gasteiger partial charge in [-0.2, -0.15) is 5.43 Å². The van der Waals surface area contributed by atoms with Crippen LogP contribution in [0, 0.1) is 0 Å². The normalized spacial score (nSPS) is 15.1. The van der Waals surface area contributed by atoms with Crippen molar-refractivity contribution in [2.45, 2.75) is 12.8 Å². The van der Waals surface area contributed by atoms with Crippen molar-refractivity contribution in [1.82, 2.24) is 4.98 Å². The molecule has 0 atom stereocenters. The summed E-state index contributed by atoms with van der Waals surface area (Å²) in [5.74, 6) is 2.44. The molecule has 5 rings (SSSR count). The van der Waals surface area contributed by atoms with Crippen molar-refractivity contribution in [1.29, 1.82) is 0 Å². The fourth-order valence-electron chi connectivity index (χ4n) is 3.84. The smallest absolute Gasteiger partial charge is 0.282 e. The zero-order chi connectivity index (χ0) is 26.2. The minimum atomic E-state index is -2.79. The van der Waals surface area contributed by atoms with E-state index in [1.54, 1.807) is 21.7 Å². The maximum atomic E-state index is 13.5. The highest BCUT2D eigenvalue weighted by Crippen LogP contribution is 2.39. The molecule has 13 heteroatoms. The molecule has 0 spiro atoms. The fourth-order valence-corrected chi connectivity index (χ4v) is 4.94. The molecule has 2 aliphatic rings. The number of hydrazone groups is 1. The Morgan fingerprint density at radius 1 is 1.16 bits per heavy atom. The summed E-state index contributed by atoms with van der Waals surface area (Å²) in [7, 11) is 6.39. The SMILES string of the molecule is C[N+](C)(C)CCCOc1ccccc1N1N=C(c2ccc3c(c2)OCO3)[NH2+]N1c1nc(C(F)F)c(Cl)s1. The summed E-state index contributed by atoms with van der Waals surface area (Å²) < 4.78 is 44.8. The topological polar surface area (TPSA) is 76.0 Å². The molecule has 0 radical (unpaired) electrons. The summed E-state index contributed by atoms with van der Waals surface area (Å²) in [5, 5.41) is 8.23. The maximum Gasteiger partial charge on any atom is 0.282 e. The quantitative estimate of drug-likeness (QED) is 0.245. The molecule has 0 bridgehead atoms. The number of ether oxygens (including phenoxy) is 3. The maximum absolute atomic E-state index is 13.5. The Morgan fingerprint density at radius 2 is 1.95 bits per heavy atom. The second-order valence-corrected chi connectivity index (χ2v) is 11.0. The Bertz CT molecular complexity index is 1320. The third-order valence-corrected chi connectivity index (χ3v) is 6.91. The number of hydrazine groups is 1. The first-order valence-corrected chi connectivity index (χ1v) is 12.8. The summed E-state index contributed by atoms with van der Waals surface area (Å²) in [6, 6.07) is 12.9. The van der Waals surface area contributed by atoms with Crippen molar-refractivity contribution >= 4 is 39.6 Å². The lowest BCUT2D eigenvalue weighted by Crippen LogP contribution is -2.96. The van der Waals surface area contributed by atoms with Crippen LogP contribution in [0.5, 0.6) is 17.2 Å². The molecule has 0 fully saturated rings. The van der Waals surface area contributed by atoms with Gasteiger partial charge in [-0.05, 0) is 30.3 Å². The third-order valence-electron chi connectivity index (χ3n) is 5.63. The largest absolute Gasteiger partial charge is 0.491 e. The van der Waals surface area contributed by atoms with E-state index in [1.807, 2.05) is 36.4 Å². The molecule has 37 heavy (non-hydrogen) atoms. The summed E-state index contributed by atoms with van der Waals surface area (Å²) in [6.07, 6.45) is -1.93. The number of rotatable bonds is 9. The van der Waals surface area contributed by atoms with Crippen LogP contribution in [0.3, 0.4) is 0 Å². The van der Waals surface area contributed by atoms with Gasteiger partial charge in [0.1, 0.15) is 21.5 Å². The van der Waals surface area contributed by atoms with Crippen molar-refractivity contribution in [3.8, 4) is 17.2 Å². The molecule has 0 saturated heterocycles. The van der Waals surface area contributed by atoms with Crippen molar-refractivity contribution in [2.24, 2.45) is 5.10 Å². The molecule has 0 saturated carbocycles. The molecule has 3 heterocycles. The van der Waals surface area contributed by atoms with E-state index in [0.717, 1.165) is 34.3 Å². The van der Waals surface area contributed by atoms with Crippen LogP contribution in [-0.2, 0) is 0 Å². The third kappa shape index (κ3) is 5.57. The standard InChI is InChI=1S/C24H26ClF2N6O3S/c1-33(2,3)11-6-12-34-17-8-5-4-7-16(17)31-29-23(15-9-10-18-19(13-15)36-14-35-18)30-32(31)24-28-20(22(26)27)21(25)37-24/h4-5,7-10,13,22H,6,11-12,14H2,1-3H3,(H,29,30)/q+1/p+1. The second-order valence-electron chi connectivity index (χ2n) is 9.46. The average Bonchev–Trinajstić information content (AvgIpc) is 3.58. The highest BCUT2D eigenvalue weighted by molar-refractivity contribution is 7.19. The molecular weight excluding hydrogens is 526 g/mol. The van der Waals surface area contributed by atoms with Gasteiger partial charge in [-0.1, -0.05) is 45.3 Å². The van der Waals surface area contributed by atoms with Gasteiger partial charge in [0.15, 0.2) is 11.5 Å². The number of quaternary nitrogens is 2. The number of hydrogen-bond donors (Lipinski definition) is 1. The summed E-state index contributed by atoms with van der Waals surface area (Å²) in [5.41, 5.74) is 2.64. The second kappa shape index (κ2) is 10.3. The summed E-state index contributed by atoms with van der Waals surface area (Å²) in [4.78, 5) is 4.11. The van der Waals surface area contributed by atoms with E-state index in [4.69, 9.17) is 30.9 Å². The molecule has 0 aliphatic carbocycles. The zero-order valence-electron chi connectivity index (χ0n) is 20.5. The van der Waals surface area contributed by atoms with Gasteiger partial charge in [-0.25, -0.2) is 13.8 Å². The van der Waals surface area contributed by atoms with E-state index in [2.05, 4.69) is 26.1 Å². The first kappa shape index (κ1) is 25.5. The van der Waals surface area contributed by atoms with E-state index in [0.29, 0.717) is 35.4 Å². The minimum absolute atomic E-state index is 0.0697. The average molecular weight is 553 g/mol. The number of benzene rings is 2. The Labute approximate surface area is 221 Å². The minimum Gasteiger partial charge on any atom is -0.491 e. The van der Waals surface area contributed by atoms with Crippen molar-refractivity contribution in [2.75, 3.05) is 51.3 Å². The van der Waals surface area contributed by atoms with Gasteiger partial charge in [0.25, 0.3) is 17.4 Å². The first-order chi connectivity index (χ1) is 17.7. The number of anilines is 2. The van der Waals surface area contributed by atoms with Gasteiger partial charge >= 0.3 is 0 Å². The zero-order valence-corrected chi connectivity index (χ0v) is 22.1. The van der Waals surface area contributed by atoms with Crippen molar-refractivity contribution in [3.05, 3.63) is 58.1 Å². The van der Waals surface area contributed by atoms with Crippen LogP contribution in [0.2, 0.25) is 4.34 Å². The highest BCUT2D eigenvalue weighted by Gasteiger charge is 2.37. The number of alkyl halides is 2. The predicted molar refractivity (Wildman–Crippen MR) is 138 cm³/mol. The van der Waals surface area contributed by atoms with Crippen molar-refractivity contribution in [3.63, 3.8) is 0 Å². The van der Waals surface area contributed by atoms with Gasteiger partial charge in [0.05, 0.1) is 39.9 Å². The van der Waals surface area contributed by atoms with Crippen LogP contribution in [-0.4, -0.2) is 56.4 Å². The Kier molecular flexibility index (Phi) is 7.08. The number of fused-ring (bicyclic) bond motifs is 1. The lowest BCUT2D eigenvalue weighted by Gasteiger charge is -2.25. The predicted octanol–water partition coefficient (Wildman–Crippen LogP) is 4.02. The van der Waals surface area contributed by atoms with Gasteiger partial charge in [0.2, 0.25) is 6.79 Å². The van der Waals surface area contributed by atoms with Crippen LogP contribution in [0.4, 0.5) is 19.6 Å². The molecule has 0 amide bonds. The number of amidine groups is 1. The number of hydrogen-bond acceptors (Lipinski definition) is 8. The van der Waals surface area contributed by atoms with Gasteiger partial charge < -0.3 is 18.7 Å². The number of thiazole rings is 1. The molecular formula is C24H27ClF2N6O3S+2.